The maximum absolute atomic E-state index is 12.1. The minimum atomic E-state index is -0.0935. The Labute approximate surface area is 94.0 Å². The molecule has 0 aromatic heterocycles. The van der Waals surface area contributed by atoms with Crippen LogP contribution in [0, 0.1) is 0 Å². The summed E-state index contributed by atoms with van der Waals surface area (Å²) >= 11 is 0. The molecule has 0 atom stereocenters. The van der Waals surface area contributed by atoms with Gasteiger partial charge in [-0.15, -0.1) is 0 Å². The number of Topliss-reactive ketones (excluding diaryl/α,β-unsaturated/α-hetero) is 2. The number of rotatable bonds is 1. The summed E-state index contributed by atoms with van der Waals surface area (Å²) in [6.45, 7) is 1.49. The van der Waals surface area contributed by atoms with E-state index in [1.165, 1.54) is 12.5 Å². The fourth-order valence-electron chi connectivity index (χ4n) is 2.83. The quantitative estimate of drug-likeness (QED) is 0.670. The molecule has 2 aliphatic carbocycles. The summed E-state index contributed by atoms with van der Waals surface area (Å²) in [6.07, 6.45) is 2.92. The van der Waals surface area contributed by atoms with E-state index in [0.717, 1.165) is 36.0 Å². The van der Waals surface area contributed by atoms with Crippen molar-refractivity contribution >= 4 is 17.1 Å². The molecule has 0 unspecified atom stereocenters. The molecule has 0 bridgehead atoms. The molecule has 0 saturated carbocycles. The number of hydrogen-bond acceptors (Lipinski definition) is 2. The van der Waals surface area contributed by atoms with Crippen molar-refractivity contribution in [1.82, 2.24) is 0 Å². The van der Waals surface area contributed by atoms with E-state index in [0.29, 0.717) is 5.57 Å². The van der Waals surface area contributed by atoms with Gasteiger partial charge in [0.05, 0.1) is 5.57 Å². The van der Waals surface area contributed by atoms with Crippen molar-refractivity contribution in [1.29, 1.82) is 0 Å². The maximum Gasteiger partial charge on any atom is 0.197 e. The summed E-state index contributed by atoms with van der Waals surface area (Å²) < 4.78 is 0. The number of carbonyl (C=O) groups excluding carboxylic acids is 2. The van der Waals surface area contributed by atoms with Gasteiger partial charge >= 0.3 is 0 Å². The molecule has 2 nitrogen and oxygen atoms in total. The zero-order chi connectivity index (χ0) is 11.3. The van der Waals surface area contributed by atoms with E-state index < -0.39 is 0 Å². The van der Waals surface area contributed by atoms with Crippen molar-refractivity contribution in [3.8, 4) is 0 Å². The highest BCUT2D eigenvalue weighted by Crippen LogP contribution is 2.41. The molecule has 0 spiro atoms. The standard InChI is InChI=1S/C14H12O2/c1-8(15)12-10-6-2-4-9-5-3-7-11(13(9)10)14(12)16/h3,5,7H,2,4,6H2,1H3. The molecule has 0 N–H and O–H groups in total. The van der Waals surface area contributed by atoms with E-state index >= 15 is 0 Å². The number of allylic oxidation sites excluding steroid dienone is 2. The average Bonchev–Trinajstić information content (AvgIpc) is 2.55. The van der Waals surface area contributed by atoms with Gasteiger partial charge in [0, 0.05) is 5.56 Å². The summed E-state index contributed by atoms with van der Waals surface area (Å²) in [7, 11) is 0. The predicted molar refractivity (Wildman–Crippen MR) is 61.3 cm³/mol. The van der Waals surface area contributed by atoms with Gasteiger partial charge in [0.1, 0.15) is 0 Å². The zero-order valence-corrected chi connectivity index (χ0v) is 9.17. The normalized spacial score (nSPS) is 17.7. The third-order valence-electron chi connectivity index (χ3n) is 3.45. The minimum Gasteiger partial charge on any atom is -0.294 e. The first-order valence-electron chi connectivity index (χ1n) is 5.61. The van der Waals surface area contributed by atoms with Crippen LogP contribution in [0.1, 0.15) is 41.3 Å². The molecular weight excluding hydrogens is 200 g/mol. The van der Waals surface area contributed by atoms with E-state index in [1.807, 2.05) is 12.1 Å². The summed E-state index contributed by atoms with van der Waals surface area (Å²) in [5, 5.41) is 0. The lowest BCUT2D eigenvalue weighted by atomic mass is 9.87. The molecule has 0 saturated heterocycles. The largest absolute Gasteiger partial charge is 0.294 e. The van der Waals surface area contributed by atoms with Crippen LogP contribution in [0.25, 0.3) is 5.57 Å². The van der Waals surface area contributed by atoms with Gasteiger partial charge in [-0.05, 0) is 42.9 Å². The van der Waals surface area contributed by atoms with Crippen LogP contribution in [-0.2, 0) is 11.2 Å². The van der Waals surface area contributed by atoms with Gasteiger partial charge in [0.2, 0.25) is 0 Å². The Kier molecular flexibility index (Phi) is 1.87. The van der Waals surface area contributed by atoms with Gasteiger partial charge in [-0.1, -0.05) is 18.2 Å². The highest BCUT2D eigenvalue weighted by molar-refractivity contribution is 6.35. The maximum atomic E-state index is 12.1. The molecule has 2 aliphatic rings. The summed E-state index contributed by atoms with van der Waals surface area (Å²) in [4.78, 5) is 23.7. The minimum absolute atomic E-state index is 0.0683. The first kappa shape index (κ1) is 9.52. The van der Waals surface area contributed by atoms with Gasteiger partial charge in [-0.3, -0.25) is 9.59 Å². The molecule has 0 heterocycles. The monoisotopic (exact) mass is 212 g/mol. The lowest BCUT2D eigenvalue weighted by molar-refractivity contribution is -0.113. The SMILES string of the molecule is CC(=O)C1=C2CCCc3cccc(c32)C1=O. The summed E-state index contributed by atoms with van der Waals surface area (Å²) in [5.41, 5.74) is 4.45. The molecule has 80 valence electrons. The number of ketones is 2. The molecule has 16 heavy (non-hydrogen) atoms. The molecule has 0 aliphatic heterocycles. The van der Waals surface area contributed by atoms with Crippen LogP contribution in [-0.4, -0.2) is 11.6 Å². The van der Waals surface area contributed by atoms with Crippen LogP contribution < -0.4 is 0 Å². The second-order valence-electron chi connectivity index (χ2n) is 4.43. The first-order valence-corrected chi connectivity index (χ1v) is 5.61. The second-order valence-corrected chi connectivity index (χ2v) is 4.43. The number of benzene rings is 1. The fourth-order valence-corrected chi connectivity index (χ4v) is 2.83. The number of hydrogen-bond donors (Lipinski definition) is 0. The molecular formula is C14H12O2. The average molecular weight is 212 g/mol. The van der Waals surface area contributed by atoms with Crippen LogP contribution in [0.4, 0.5) is 0 Å². The molecule has 1 aromatic carbocycles. The van der Waals surface area contributed by atoms with E-state index in [-0.39, 0.29) is 11.6 Å². The van der Waals surface area contributed by atoms with Crippen molar-refractivity contribution in [2.24, 2.45) is 0 Å². The van der Waals surface area contributed by atoms with Gasteiger partial charge in [-0.25, -0.2) is 0 Å². The Morgan fingerprint density at radius 2 is 2.06 bits per heavy atom. The molecule has 0 radical (unpaired) electrons. The van der Waals surface area contributed by atoms with Crippen molar-refractivity contribution < 1.29 is 9.59 Å². The van der Waals surface area contributed by atoms with Crippen molar-refractivity contribution in [2.45, 2.75) is 26.2 Å². The predicted octanol–water partition coefficient (Wildman–Crippen LogP) is 2.56. The van der Waals surface area contributed by atoms with Gasteiger partial charge in [0.15, 0.2) is 11.6 Å². The third kappa shape index (κ3) is 1.07. The lowest BCUT2D eigenvalue weighted by Gasteiger charge is -2.17. The van der Waals surface area contributed by atoms with Crippen LogP contribution in [0.2, 0.25) is 0 Å². The van der Waals surface area contributed by atoms with E-state index in [9.17, 15) is 9.59 Å². The first-order chi connectivity index (χ1) is 7.70. The zero-order valence-electron chi connectivity index (χ0n) is 9.17. The van der Waals surface area contributed by atoms with E-state index in [4.69, 9.17) is 0 Å². The van der Waals surface area contributed by atoms with Gasteiger partial charge in [0.25, 0.3) is 0 Å². The highest BCUT2D eigenvalue weighted by atomic mass is 16.1. The highest BCUT2D eigenvalue weighted by Gasteiger charge is 2.34. The number of aryl methyl sites for hydroxylation is 1. The Morgan fingerprint density at radius 3 is 2.81 bits per heavy atom. The third-order valence-corrected chi connectivity index (χ3v) is 3.45. The van der Waals surface area contributed by atoms with Gasteiger partial charge in [-0.2, -0.15) is 0 Å². The van der Waals surface area contributed by atoms with E-state index in [2.05, 4.69) is 6.07 Å². The van der Waals surface area contributed by atoms with Crippen LogP contribution in [0.15, 0.2) is 23.8 Å². The topological polar surface area (TPSA) is 34.1 Å². The Balaban J connectivity index is 2.35. The number of carbonyl (C=O) groups is 2. The molecule has 0 fully saturated rings. The lowest BCUT2D eigenvalue weighted by Crippen LogP contribution is -2.06. The summed E-state index contributed by atoms with van der Waals surface area (Å²) in [5.74, 6) is -0.162. The van der Waals surface area contributed by atoms with Crippen LogP contribution in [0.3, 0.4) is 0 Å². The van der Waals surface area contributed by atoms with Gasteiger partial charge < -0.3 is 0 Å². The molecule has 2 heteroatoms. The van der Waals surface area contributed by atoms with E-state index in [1.54, 1.807) is 0 Å². The smallest absolute Gasteiger partial charge is 0.197 e. The Bertz CT molecular complexity index is 550. The van der Waals surface area contributed by atoms with Crippen LogP contribution >= 0.6 is 0 Å². The molecule has 0 amide bonds. The van der Waals surface area contributed by atoms with Crippen molar-refractivity contribution in [3.63, 3.8) is 0 Å². The Morgan fingerprint density at radius 1 is 1.25 bits per heavy atom. The fraction of sp³-hybridized carbons (Fsp3) is 0.286. The molecule has 3 rings (SSSR count). The molecule has 1 aromatic rings. The van der Waals surface area contributed by atoms with Crippen molar-refractivity contribution in [2.75, 3.05) is 0 Å². The van der Waals surface area contributed by atoms with Crippen LogP contribution in [0.5, 0.6) is 0 Å². The second kappa shape index (κ2) is 3.14. The Hall–Kier alpha value is -1.70. The summed E-state index contributed by atoms with van der Waals surface area (Å²) in [6, 6.07) is 5.81. The van der Waals surface area contributed by atoms with Crippen molar-refractivity contribution in [3.05, 3.63) is 40.5 Å².